The Bertz CT molecular complexity index is 462. The summed E-state index contributed by atoms with van der Waals surface area (Å²) in [4.78, 5) is 4.33. The summed E-state index contributed by atoms with van der Waals surface area (Å²) in [5, 5.41) is 1.80. The maximum atomic E-state index is 11.5. The number of rotatable bonds is 1. The summed E-state index contributed by atoms with van der Waals surface area (Å²) in [7, 11) is -1.52. The van der Waals surface area contributed by atoms with E-state index in [1.165, 1.54) is 15.6 Å². The number of hydrogen-bond donors (Lipinski definition) is 0. The molecule has 0 saturated heterocycles. The predicted molar refractivity (Wildman–Crippen MR) is 57.2 cm³/mol. The first-order valence-corrected chi connectivity index (χ1v) is 6.80. The van der Waals surface area contributed by atoms with E-state index in [4.69, 9.17) is 0 Å². The van der Waals surface area contributed by atoms with E-state index in [0.29, 0.717) is 11.6 Å². The summed E-state index contributed by atoms with van der Waals surface area (Å²) < 4.78 is 24.2. The zero-order valence-electron chi connectivity index (χ0n) is 8.31. The Balaban J connectivity index is 2.47. The molecule has 0 aliphatic carbocycles. The molecular formula is C8H12N2O2S2. The molecule has 0 fully saturated rings. The van der Waals surface area contributed by atoms with Crippen molar-refractivity contribution < 1.29 is 8.42 Å². The van der Waals surface area contributed by atoms with E-state index in [-0.39, 0.29) is 5.75 Å². The van der Waals surface area contributed by atoms with E-state index in [1.54, 1.807) is 7.05 Å². The number of hydrogen-bond acceptors (Lipinski definition) is 4. The molecular weight excluding hydrogens is 220 g/mol. The molecule has 0 N–H and O–H groups in total. The number of aromatic nitrogens is 1. The third kappa shape index (κ3) is 1.33. The third-order valence-corrected chi connectivity index (χ3v) is 5.46. The molecule has 0 saturated carbocycles. The van der Waals surface area contributed by atoms with Crippen LogP contribution in [0.3, 0.4) is 0 Å². The van der Waals surface area contributed by atoms with Crippen molar-refractivity contribution in [3.8, 4) is 0 Å². The van der Waals surface area contributed by atoms with E-state index >= 15 is 0 Å². The number of anilines is 1. The molecule has 78 valence electrons. The number of thiazole rings is 1. The summed E-state index contributed by atoms with van der Waals surface area (Å²) in [5.41, 5.74) is 0.709. The van der Waals surface area contributed by atoms with Crippen molar-refractivity contribution in [2.24, 2.45) is 0 Å². The maximum Gasteiger partial charge on any atom is 0.241 e. The van der Waals surface area contributed by atoms with Gasteiger partial charge in [-0.05, 0) is 0 Å². The van der Waals surface area contributed by atoms with E-state index < -0.39 is 10.0 Å². The number of sulfonamides is 1. The van der Waals surface area contributed by atoms with Crippen LogP contribution in [0.1, 0.15) is 30.5 Å². The second kappa shape index (κ2) is 2.93. The van der Waals surface area contributed by atoms with Crippen molar-refractivity contribution in [1.82, 2.24) is 4.98 Å². The van der Waals surface area contributed by atoms with Crippen LogP contribution in [0.25, 0.3) is 0 Å². The van der Waals surface area contributed by atoms with Crippen molar-refractivity contribution in [2.75, 3.05) is 11.4 Å². The highest BCUT2D eigenvalue weighted by atomic mass is 32.2. The first-order valence-electron chi connectivity index (χ1n) is 4.38. The van der Waals surface area contributed by atoms with Gasteiger partial charge in [-0.15, -0.1) is 0 Å². The van der Waals surface area contributed by atoms with Gasteiger partial charge in [0.2, 0.25) is 10.0 Å². The van der Waals surface area contributed by atoms with Gasteiger partial charge in [-0.3, -0.25) is 4.31 Å². The first kappa shape index (κ1) is 9.92. The van der Waals surface area contributed by atoms with E-state index in [2.05, 4.69) is 18.8 Å². The number of fused-ring (bicyclic) bond motifs is 1. The fourth-order valence-corrected chi connectivity index (χ4v) is 3.94. The van der Waals surface area contributed by atoms with Crippen molar-refractivity contribution in [1.29, 1.82) is 0 Å². The van der Waals surface area contributed by atoms with Crippen molar-refractivity contribution in [3.63, 3.8) is 0 Å². The monoisotopic (exact) mass is 232 g/mol. The molecule has 0 unspecified atom stereocenters. The minimum absolute atomic E-state index is 0.0576. The fourth-order valence-electron chi connectivity index (χ4n) is 1.34. The first-order chi connectivity index (χ1) is 6.42. The Morgan fingerprint density at radius 3 is 2.64 bits per heavy atom. The molecule has 4 nitrogen and oxygen atoms in total. The van der Waals surface area contributed by atoms with E-state index in [9.17, 15) is 8.42 Å². The van der Waals surface area contributed by atoms with Gasteiger partial charge in [0.05, 0.1) is 10.7 Å². The molecule has 2 rings (SSSR count). The molecule has 0 atom stereocenters. The lowest BCUT2D eigenvalue weighted by Gasteiger charge is -2.08. The second-order valence-corrected chi connectivity index (χ2v) is 6.69. The van der Waals surface area contributed by atoms with Crippen molar-refractivity contribution in [2.45, 2.75) is 25.5 Å². The zero-order chi connectivity index (χ0) is 10.5. The summed E-state index contributed by atoms with van der Waals surface area (Å²) in [5.74, 6) is 0.420. The lowest BCUT2D eigenvalue weighted by molar-refractivity contribution is 0.596. The van der Waals surface area contributed by atoms with Crippen molar-refractivity contribution >= 4 is 26.4 Å². The van der Waals surface area contributed by atoms with Crippen LogP contribution < -0.4 is 4.31 Å². The molecule has 1 aliphatic heterocycles. The van der Waals surface area contributed by atoms with Gasteiger partial charge in [0, 0.05) is 13.0 Å². The van der Waals surface area contributed by atoms with Crippen LogP contribution >= 0.6 is 11.3 Å². The van der Waals surface area contributed by atoms with Crippen LogP contribution in [-0.4, -0.2) is 20.4 Å². The van der Waals surface area contributed by atoms with Gasteiger partial charge in [-0.25, -0.2) is 13.4 Å². The van der Waals surface area contributed by atoms with Gasteiger partial charge in [-0.1, -0.05) is 25.2 Å². The molecule has 0 bridgehead atoms. The highest BCUT2D eigenvalue weighted by Gasteiger charge is 2.34. The minimum atomic E-state index is -3.10. The summed E-state index contributed by atoms with van der Waals surface area (Å²) in [6, 6.07) is 0. The standard InChI is InChI=1S/C8H12N2O2S2/c1-5(2)7-9-6-4-14(11,12)10(3)8(6)13-7/h5H,4H2,1-3H3. The van der Waals surface area contributed by atoms with Crippen LogP contribution in [0.2, 0.25) is 0 Å². The summed E-state index contributed by atoms with van der Waals surface area (Å²) >= 11 is 1.48. The van der Waals surface area contributed by atoms with Crippen LogP contribution in [0.15, 0.2) is 0 Å². The van der Waals surface area contributed by atoms with Gasteiger partial charge in [0.1, 0.15) is 10.8 Å². The summed E-state index contributed by atoms with van der Waals surface area (Å²) in [6.45, 7) is 4.12. The molecule has 6 heteroatoms. The Labute approximate surface area is 87.6 Å². The molecule has 0 spiro atoms. The van der Waals surface area contributed by atoms with Crippen LogP contribution in [0.5, 0.6) is 0 Å². The van der Waals surface area contributed by atoms with Gasteiger partial charge in [0.25, 0.3) is 0 Å². The molecule has 14 heavy (non-hydrogen) atoms. The largest absolute Gasteiger partial charge is 0.262 e. The zero-order valence-corrected chi connectivity index (χ0v) is 9.94. The Hall–Kier alpha value is -0.620. The Morgan fingerprint density at radius 1 is 1.50 bits per heavy atom. The molecule has 0 aromatic carbocycles. The average molecular weight is 232 g/mol. The van der Waals surface area contributed by atoms with E-state index in [1.807, 2.05) is 0 Å². The molecule has 1 aliphatic rings. The predicted octanol–water partition coefficient (Wildman–Crippen LogP) is 1.55. The quantitative estimate of drug-likeness (QED) is 0.738. The topological polar surface area (TPSA) is 50.3 Å². The fraction of sp³-hybridized carbons (Fsp3) is 0.625. The normalized spacial score (nSPS) is 19.0. The molecule has 1 aromatic rings. The van der Waals surface area contributed by atoms with Crippen molar-refractivity contribution in [3.05, 3.63) is 10.7 Å². The van der Waals surface area contributed by atoms with Crippen LogP contribution in [0, 0.1) is 0 Å². The number of nitrogens with zero attached hydrogens (tertiary/aromatic N) is 2. The lowest BCUT2D eigenvalue weighted by atomic mass is 10.2. The smallest absolute Gasteiger partial charge is 0.241 e. The maximum absolute atomic E-state index is 11.5. The van der Waals surface area contributed by atoms with Crippen LogP contribution in [-0.2, 0) is 15.8 Å². The molecule has 0 radical (unpaired) electrons. The Kier molecular flexibility index (Phi) is 2.08. The Morgan fingerprint density at radius 2 is 2.14 bits per heavy atom. The van der Waals surface area contributed by atoms with Gasteiger partial charge in [0.15, 0.2) is 0 Å². The van der Waals surface area contributed by atoms with E-state index in [0.717, 1.165) is 10.0 Å². The molecule has 0 amide bonds. The van der Waals surface area contributed by atoms with Gasteiger partial charge < -0.3 is 0 Å². The molecule has 2 heterocycles. The minimum Gasteiger partial charge on any atom is -0.262 e. The highest BCUT2D eigenvalue weighted by Crippen LogP contribution is 2.39. The highest BCUT2D eigenvalue weighted by molar-refractivity contribution is 7.92. The van der Waals surface area contributed by atoms with Gasteiger partial charge >= 0.3 is 0 Å². The summed E-state index contributed by atoms with van der Waals surface area (Å²) in [6.07, 6.45) is 0. The van der Waals surface area contributed by atoms with Crippen LogP contribution in [0.4, 0.5) is 5.00 Å². The average Bonchev–Trinajstić information content (AvgIpc) is 2.53. The second-order valence-electron chi connectivity index (χ2n) is 3.68. The molecule has 1 aromatic heterocycles. The lowest BCUT2D eigenvalue weighted by Crippen LogP contribution is -2.20. The third-order valence-electron chi connectivity index (χ3n) is 2.21. The SMILES string of the molecule is CC(C)c1nc2c(s1)N(C)S(=O)(=O)C2. The van der Waals surface area contributed by atoms with Gasteiger partial charge in [-0.2, -0.15) is 0 Å².